The molecule has 0 aromatic heterocycles. The molecule has 5 nitrogen and oxygen atoms in total. The lowest BCUT2D eigenvalue weighted by molar-refractivity contribution is -0.163. The minimum atomic E-state index is -0.582. The Morgan fingerprint density at radius 2 is 0.662 bits per heavy atom. The molecular formula is C63H102O5. The number of carbonyl (C=O) groups excluding carboxylic acids is 2. The van der Waals surface area contributed by atoms with Crippen LogP contribution < -0.4 is 0 Å². The number of hydrogen-bond acceptors (Lipinski definition) is 5. The molecule has 0 aliphatic carbocycles. The van der Waals surface area contributed by atoms with Crippen molar-refractivity contribution >= 4 is 11.9 Å². The van der Waals surface area contributed by atoms with Gasteiger partial charge in [0, 0.05) is 19.4 Å². The van der Waals surface area contributed by atoms with Crippen LogP contribution in [-0.4, -0.2) is 37.9 Å². The predicted octanol–water partition coefficient (Wildman–Crippen LogP) is 19.1. The lowest BCUT2D eigenvalue weighted by Crippen LogP contribution is -2.30. The fraction of sp³-hybridized carbons (Fsp3) is 0.619. The summed E-state index contributed by atoms with van der Waals surface area (Å²) >= 11 is 0. The third-order valence-electron chi connectivity index (χ3n) is 11.2. The minimum Gasteiger partial charge on any atom is -0.462 e. The van der Waals surface area contributed by atoms with Gasteiger partial charge >= 0.3 is 11.9 Å². The summed E-state index contributed by atoms with van der Waals surface area (Å²) in [5.74, 6) is -0.465. The molecule has 0 spiro atoms. The Kier molecular flexibility index (Phi) is 54.0. The van der Waals surface area contributed by atoms with Crippen molar-refractivity contribution in [1.82, 2.24) is 0 Å². The first-order valence-corrected chi connectivity index (χ1v) is 27.7. The van der Waals surface area contributed by atoms with Gasteiger partial charge in [-0.05, 0) is 135 Å². The van der Waals surface area contributed by atoms with E-state index in [1.165, 1.54) is 44.9 Å². The van der Waals surface area contributed by atoms with Crippen LogP contribution >= 0.6 is 0 Å². The van der Waals surface area contributed by atoms with E-state index in [-0.39, 0.29) is 25.2 Å². The van der Waals surface area contributed by atoms with Gasteiger partial charge in [0.05, 0.1) is 6.61 Å². The van der Waals surface area contributed by atoms with E-state index in [9.17, 15) is 9.59 Å². The second-order valence-electron chi connectivity index (χ2n) is 17.7. The highest BCUT2D eigenvalue weighted by Crippen LogP contribution is 2.12. The van der Waals surface area contributed by atoms with Gasteiger partial charge in [-0.2, -0.15) is 0 Å². The van der Waals surface area contributed by atoms with E-state index in [1.807, 2.05) is 0 Å². The monoisotopic (exact) mass is 939 g/mol. The summed E-state index contributed by atoms with van der Waals surface area (Å²) in [6.07, 6.45) is 81.8. The van der Waals surface area contributed by atoms with E-state index in [4.69, 9.17) is 14.2 Å². The van der Waals surface area contributed by atoms with Gasteiger partial charge < -0.3 is 14.2 Å². The van der Waals surface area contributed by atoms with E-state index < -0.39 is 6.10 Å². The Hall–Kier alpha value is -3.96. The van der Waals surface area contributed by atoms with Crippen LogP contribution in [0, 0.1) is 0 Å². The molecule has 0 aromatic carbocycles. The van der Waals surface area contributed by atoms with Gasteiger partial charge in [0.25, 0.3) is 0 Å². The Morgan fingerprint density at radius 3 is 1.06 bits per heavy atom. The smallest absolute Gasteiger partial charge is 0.306 e. The van der Waals surface area contributed by atoms with Crippen molar-refractivity contribution in [2.75, 3.05) is 19.8 Å². The molecule has 0 rings (SSSR count). The molecule has 0 N–H and O–H groups in total. The van der Waals surface area contributed by atoms with Gasteiger partial charge in [0.1, 0.15) is 6.61 Å². The van der Waals surface area contributed by atoms with Crippen molar-refractivity contribution in [3.05, 3.63) is 134 Å². The summed E-state index contributed by atoms with van der Waals surface area (Å²) in [6.45, 7) is 7.45. The number of unbranched alkanes of at least 4 members (excludes halogenated alkanes) is 16. The lowest BCUT2D eigenvalue weighted by atomic mass is 10.1. The molecule has 0 aromatic rings. The molecule has 0 radical (unpaired) electrons. The van der Waals surface area contributed by atoms with Crippen LogP contribution in [0.3, 0.4) is 0 Å². The van der Waals surface area contributed by atoms with Crippen LogP contribution in [-0.2, 0) is 23.8 Å². The highest BCUT2D eigenvalue weighted by Gasteiger charge is 2.17. The van der Waals surface area contributed by atoms with Crippen LogP contribution in [0.4, 0.5) is 0 Å². The first kappa shape index (κ1) is 64.0. The molecule has 0 amide bonds. The number of carbonyl (C=O) groups is 2. The number of allylic oxidation sites excluding steroid dienone is 22. The fourth-order valence-corrected chi connectivity index (χ4v) is 7.09. The van der Waals surface area contributed by atoms with Gasteiger partial charge in [-0.3, -0.25) is 9.59 Å². The highest BCUT2D eigenvalue weighted by molar-refractivity contribution is 5.70. The number of hydrogen-bond donors (Lipinski definition) is 0. The Morgan fingerprint density at radius 1 is 0.338 bits per heavy atom. The van der Waals surface area contributed by atoms with Gasteiger partial charge in [-0.15, -0.1) is 0 Å². The molecule has 0 fully saturated rings. The molecule has 1 unspecified atom stereocenters. The van der Waals surface area contributed by atoms with E-state index in [1.54, 1.807) is 0 Å². The minimum absolute atomic E-state index is 0.0464. The quantitative estimate of drug-likeness (QED) is 0.0345. The van der Waals surface area contributed by atoms with Crippen LogP contribution in [0.25, 0.3) is 0 Å². The van der Waals surface area contributed by atoms with Crippen LogP contribution in [0.2, 0.25) is 0 Å². The SMILES string of the molecule is CC/C=C\C/C=C\C/C=C\C/C=C\CCCCCCC(=O)OC(COCCCCC/C=C\C/C=C\C/C=C\C/C=C\CC)COC(=O)CCCCCCCC/C=C\C/C=C\C/C=C\CCCCC. The first-order chi connectivity index (χ1) is 33.6. The van der Waals surface area contributed by atoms with Crippen molar-refractivity contribution in [2.45, 2.75) is 232 Å². The summed E-state index contributed by atoms with van der Waals surface area (Å²) in [4.78, 5) is 25.5. The average Bonchev–Trinajstić information content (AvgIpc) is 3.34. The average molecular weight is 940 g/mol. The largest absolute Gasteiger partial charge is 0.462 e. The van der Waals surface area contributed by atoms with Gasteiger partial charge in [0.2, 0.25) is 0 Å². The number of rotatable bonds is 49. The number of esters is 2. The zero-order chi connectivity index (χ0) is 49.2. The topological polar surface area (TPSA) is 61.8 Å². The van der Waals surface area contributed by atoms with Crippen molar-refractivity contribution in [3.63, 3.8) is 0 Å². The second-order valence-corrected chi connectivity index (χ2v) is 17.7. The zero-order valence-corrected chi connectivity index (χ0v) is 44.1. The molecule has 384 valence electrons. The Bertz CT molecular complexity index is 1430. The maximum Gasteiger partial charge on any atom is 0.306 e. The molecule has 0 saturated heterocycles. The molecule has 0 aliphatic heterocycles. The van der Waals surface area contributed by atoms with Crippen LogP contribution in [0.15, 0.2) is 134 Å². The Labute approximate surface area is 419 Å². The molecule has 0 bridgehead atoms. The van der Waals surface area contributed by atoms with Crippen molar-refractivity contribution in [2.24, 2.45) is 0 Å². The zero-order valence-electron chi connectivity index (χ0n) is 44.1. The van der Waals surface area contributed by atoms with Gasteiger partial charge in [-0.25, -0.2) is 0 Å². The van der Waals surface area contributed by atoms with Gasteiger partial charge in [0.15, 0.2) is 6.10 Å². The Balaban J connectivity index is 4.43. The normalized spacial score (nSPS) is 13.3. The first-order valence-electron chi connectivity index (χ1n) is 27.7. The van der Waals surface area contributed by atoms with E-state index in [0.29, 0.717) is 19.4 Å². The summed E-state index contributed by atoms with van der Waals surface area (Å²) in [6, 6.07) is 0. The maximum absolute atomic E-state index is 12.8. The molecule has 1 atom stereocenters. The summed E-state index contributed by atoms with van der Waals surface area (Å²) < 4.78 is 17.4. The standard InChI is InChI=1S/C63H102O5/c1-4-7-10-13-16-19-22-25-28-31-32-34-35-38-41-44-47-50-53-56-62(64)67-60-61(59-66-58-55-52-49-46-43-40-37-30-27-24-21-18-15-12-9-6-3)68-63(65)57-54-51-48-45-42-39-36-33-29-26-23-20-17-14-11-8-5-2/h8-9,11-12,16-21,25-30,32,34,36,39-40,43,61H,4-7,10,13-15,22-24,31,33,35,37-38,41-42,44-60H2,1-3H3/b11-8-,12-9-,19-16-,20-17-,21-18-,28-25-,29-26-,30-27-,34-32-,39-36-,43-40-. The summed E-state index contributed by atoms with van der Waals surface area (Å²) in [5, 5.41) is 0. The third kappa shape index (κ3) is 54.6. The predicted molar refractivity (Wildman–Crippen MR) is 297 cm³/mol. The lowest BCUT2D eigenvalue weighted by Gasteiger charge is -2.18. The van der Waals surface area contributed by atoms with E-state index >= 15 is 0 Å². The van der Waals surface area contributed by atoms with Crippen molar-refractivity contribution in [3.8, 4) is 0 Å². The summed E-state index contributed by atoms with van der Waals surface area (Å²) in [5.41, 5.74) is 0. The van der Waals surface area contributed by atoms with E-state index in [0.717, 1.165) is 148 Å². The number of ether oxygens (including phenoxy) is 3. The van der Waals surface area contributed by atoms with Crippen LogP contribution in [0.1, 0.15) is 226 Å². The maximum atomic E-state index is 12.8. The second kappa shape index (κ2) is 57.4. The molecule has 0 aliphatic rings. The molecule has 68 heavy (non-hydrogen) atoms. The highest BCUT2D eigenvalue weighted by atomic mass is 16.6. The van der Waals surface area contributed by atoms with Crippen LogP contribution in [0.5, 0.6) is 0 Å². The molecule has 5 heteroatoms. The van der Waals surface area contributed by atoms with Crippen molar-refractivity contribution < 1.29 is 23.8 Å². The van der Waals surface area contributed by atoms with Crippen molar-refractivity contribution in [1.29, 1.82) is 0 Å². The summed E-state index contributed by atoms with van der Waals surface area (Å²) in [7, 11) is 0. The molecule has 0 heterocycles. The fourth-order valence-electron chi connectivity index (χ4n) is 7.09. The van der Waals surface area contributed by atoms with E-state index in [2.05, 4.69) is 154 Å². The third-order valence-corrected chi connectivity index (χ3v) is 11.2. The molecule has 0 saturated carbocycles. The molecular weight excluding hydrogens is 837 g/mol. The van der Waals surface area contributed by atoms with Gasteiger partial charge in [-0.1, -0.05) is 212 Å².